The summed E-state index contributed by atoms with van der Waals surface area (Å²) in [5, 5.41) is 28.5. The molecule has 24 heavy (non-hydrogen) atoms. The van der Waals surface area contributed by atoms with Crippen LogP contribution in [0, 0.1) is 28.8 Å². The smallest absolute Gasteiger partial charge is 0.205 e. The summed E-state index contributed by atoms with van der Waals surface area (Å²) in [5.41, 5.74) is 5.53. The van der Waals surface area contributed by atoms with Crippen LogP contribution in [0.5, 0.6) is 17.2 Å². The monoisotopic (exact) mass is 334 g/mol. The van der Waals surface area contributed by atoms with Crippen LogP contribution in [-0.4, -0.2) is 10.2 Å². The van der Waals surface area contributed by atoms with E-state index in [0.29, 0.717) is 0 Å². The molecule has 5 nitrogen and oxygen atoms in total. The summed E-state index contributed by atoms with van der Waals surface area (Å²) in [6, 6.07) is 5.37. The number of hydrogen-bond acceptors (Lipinski definition) is 5. The lowest BCUT2D eigenvalue weighted by molar-refractivity contribution is 0.373. The Morgan fingerprint density at radius 1 is 1.04 bits per heavy atom. The highest BCUT2D eigenvalue weighted by Crippen LogP contribution is 2.46. The maximum Gasteiger partial charge on any atom is 0.205 e. The minimum atomic E-state index is -1.64. The SMILES string of the molecule is N#CC1=C(N)Oc2cc(O)c(O)cc2C1c1cc(F)c(F)c(F)c1. The van der Waals surface area contributed by atoms with E-state index in [-0.39, 0.29) is 28.3 Å². The maximum absolute atomic E-state index is 13.6. The second-order valence-corrected chi connectivity index (χ2v) is 5.10. The van der Waals surface area contributed by atoms with Crippen LogP contribution in [0.4, 0.5) is 13.2 Å². The van der Waals surface area contributed by atoms with Gasteiger partial charge in [0.15, 0.2) is 29.0 Å². The fourth-order valence-electron chi connectivity index (χ4n) is 2.57. The molecule has 0 bridgehead atoms. The molecule has 0 amide bonds. The third-order valence-corrected chi connectivity index (χ3v) is 3.65. The zero-order chi connectivity index (χ0) is 17.6. The number of fused-ring (bicyclic) bond motifs is 1. The summed E-state index contributed by atoms with van der Waals surface area (Å²) in [4.78, 5) is 0. The Hall–Kier alpha value is -3.34. The van der Waals surface area contributed by atoms with E-state index in [1.165, 1.54) is 0 Å². The molecule has 0 fully saturated rings. The average Bonchev–Trinajstić information content (AvgIpc) is 2.52. The van der Waals surface area contributed by atoms with Gasteiger partial charge in [-0.2, -0.15) is 5.26 Å². The predicted molar refractivity (Wildman–Crippen MR) is 75.4 cm³/mol. The fourth-order valence-corrected chi connectivity index (χ4v) is 2.57. The molecule has 122 valence electrons. The van der Waals surface area contributed by atoms with Crippen molar-refractivity contribution in [2.24, 2.45) is 5.73 Å². The number of ether oxygens (including phenoxy) is 1. The molecule has 2 aromatic rings. The van der Waals surface area contributed by atoms with E-state index in [2.05, 4.69) is 0 Å². The van der Waals surface area contributed by atoms with Gasteiger partial charge in [0.25, 0.3) is 0 Å². The van der Waals surface area contributed by atoms with Gasteiger partial charge >= 0.3 is 0 Å². The largest absolute Gasteiger partial charge is 0.504 e. The van der Waals surface area contributed by atoms with Gasteiger partial charge in [-0.1, -0.05) is 0 Å². The average molecular weight is 334 g/mol. The van der Waals surface area contributed by atoms with Crippen LogP contribution in [0.3, 0.4) is 0 Å². The van der Waals surface area contributed by atoms with E-state index < -0.39 is 34.9 Å². The van der Waals surface area contributed by atoms with Crippen LogP contribution in [0.25, 0.3) is 0 Å². The molecule has 1 aliphatic rings. The van der Waals surface area contributed by atoms with E-state index in [0.717, 1.165) is 24.3 Å². The zero-order valence-electron chi connectivity index (χ0n) is 11.8. The van der Waals surface area contributed by atoms with E-state index in [1.807, 2.05) is 0 Å². The molecule has 0 radical (unpaired) electrons. The zero-order valence-corrected chi connectivity index (χ0v) is 11.8. The topological polar surface area (TPSA) is 99.5 Å². The Morgan fingerprint density at radius 3 is 2.21 bits per heavy atom. The molecule has 0 saturated carbocycles. The van der Waals surface area contributed by atoms with Gasteiger partial charge in [-0.05, 0) is 23.8 Å². The van der Waals surface area contributed by atoms with E-state index in [9.17, 15) is 28.6 Å². The molecule has 3 rings (SSSR count). The lowest BCUT2D eigenvalue weighted by atomic mass is 9.83. The van der Waals surface area contributed by atoms with Gasteiger partial charge in [0.1, 0.15) is 17.4 Å². The number of rotatable bonds is 1. The van der Waals surface area contributed by atoms with E-state index in [1.54, 1.807) is 6.07 Å². The number of allylic oxidation sites excluding steroid dienone is 1. The third kappa shape index (κ3) is 2.27. The fraction of sp³-hybridized carbons (Fsp3) is 0.0625. The molecular formula is C16H9F3N2O3. The van der Waals surface area contributed by atoms with E-state index >= 15 is 0 Å². The molecule has 0 saturated heterocycles. The van der Waals surface area contributed by atoms with Crippen LogP contribution in [0.2, 0.25) is 0 Å². The Balaban J connectivity index is 2.29. The molecule has 0 spiro atoms. The molecule has 0 aliphatic carbocycles. The minimum Gasteiger partial charge on any atom is -0.504 e. The lowest BCUT2D eigenvalue weighted by Gasteiger charge is -2.26. The van der Waals surface area contributed by atoms with Gasteiger partial charge in [-0.3, -0.25) is 0 Å². The highest BCUT2D eigenvalue weighted by molar-refractivity contribution is 5.60. The Bertz CT molecular complexity index is 912. The minimum absolute atomic E-state index is 0.00283. The quantitative estimate of drug-likeness (QED) is 0.550. The summed E-state index contributed by atoms with van der Waals surface area (Å²) in [7, 11) is 0. The van der Waals surface area contributed by atoms with Crippen molar-refractivity contribution in [1.82, 2.24) is 0 Å². The van der Waals surface area contributed by atoms with Crippen LogP contribution >= 0.6 is 0 Å². The molecule has 2 aromatic carbocycles. The summed E-state index contributed by atoms with van der Waals surface area (Å²) in [6.45, 7) is 0. The molecule has 8 heteroatoms. The van der Waals surface area contributed by atoms with Crippen molar-refractivity contribution in [2.45, 2.75) is 5.92 Å². The predicted octanol–water partition coefficient (Wildman–Crippen LogP) is 2.73. The van der Waals surface area contributed by atoms with Gasteiger partial charge in [-0.25, -0.2) is 13.2 Å². The molecule has 1 atom stereocenters. The van der Waals surface area contributed by atoms with Crippen LogP contribution in [-0.2, 0) is 0 Å². The van der Waals surface area contributed by atoms with Gasteiger partial charge < -0.3 is 20.7 Å². The lowest BCUT2D eigenvalue weighted by Crippen LogP contribution is -2.21. The molecule has 1 heterocycles. The van der Waals surface area contributed by atoms with Crippen molar-refractivity contribution in [3.05, 3.63) is 64.3 Å². The highest BCUT2D eigenvalue weighted by Gasteiger charge is 2.33. The van der Waals surface area contributed by atoms with Crippen molar-refractivity contribution in [1.29, 1.82) is 5.26 Å². The maximum atomic E-state index is 13.6. The number of benzene rings is 2. The molecule has 4 N–H and O–H groups in total. The van der Waals surface area contributed by atoms with Crippen LogP contribution < -0.4 is 10.5 Å². The molecular weight excluding hydrogens is 325 g/mol. The summed E-state index contributed by atoms with van der Waals surface area (Å²) in [5.74, 6) is -6.97. The Labute approximate surface area is 133 Å². The van der Waals surface area contributed by atoms with Crippen molar-refractivity contribution < 1.29 is 28.1 Å². The molecule has 1 unspecified atom stereocenters. The van der Waals surface area contributed by atoms with Gasteiger partial charge in [0.05, 0.1) is 5.92 Å². The first kappa shape index (κ1) is 15.6. The van der Waals surface area contributed by atoms with Crippen LogP contribution in [0.1, 0.15) is 17.0 Å². The van der Waals surface area contributed by atoms with Gasteiger partial charge in [-0.15, -0.1) is 0 Å². The van der Waals surface area contributed by atoms with Gasteiger partial charge in [0, 0.05) is 11.6 Å². The second-order valence-electron chi connectivity index (χ2n) is 5.10. The number of hydrogen-bond donors (Lipinski definition) is 3. The van der Waals surface area contributed by atoms with Crippen LogP contribution in [0.15, 0.2) is 35.7 Å². The first-order valence-corrected chi connectivity index (χ1v) is 6.61. The van der Waals surface area contributed by atoms with Crippen molar-refractivity contribution in [2.75, 3.05) is 0 Å². The summed E-state index contributed by atoms with van der Waals surface area (Å²) >= 11 is 0. The first-order valence-electron chi connectivity index (χ1n) is 6.61. The number of nitrogens with two attached hydrogens (primary N) is 1. The molecule has 0 aromatic heterocycles. The standard InChI is InChI=1S/C16H9F3N2O3/c17-9-1-6(2-10(18)15(9)19)14-7-3-11(22)12(23)4-13(7)24-16(21)8(14)5-20/h1-4,14,22-23H,21H2. The number of halogens is 3. The third-order valence-electron chi connectivity index (χ3n) is 3.65. The first-order chi connectivity index (χ1) is 11.3. The second kappa shape index (κ2) is 5.38. The summed E-state index contributed by atoms with van der Waals surface area (Å²) < 4.78 is 45.6. The van der Waals surface area contributed by atoms with Crippen molar-refractivity contribution in [3.8, 4) is 23.3 Å². The number of nitrogens with zero attached hydrogens (tertiary/aromatic N) is 1. The highest BCUT2D eigenvalue weighted by atomic mass is 19.2. The number of phenolic OH excluding ortho intramolecular Hbond substituents is 2. The number of phenols is 2. The normalized spacial score (nSPS) is 16.3. The van der Waals surface area contributed by atoms with Crippen molar-refractivity contribution >= 4 is 0 Å². The van der Waals surface area contributed by atoms with Gasteiger partial charge in [0.2, 0.25) is 5.88 Å². The van der Waals surface area contributed by atoms with E-state index in [4.69, 9.17) is 10.5 Å². The molecule has 1 aliphatic heterocycles. The number of nitriles is 1. The van der Waals surface area contributed by atoms with Crippen molar-refractivity contribution in [3.63, 3.8) is 0 Å². The Kier molecular flexibility index (Phi) is 3.49. The summed E-state index contributed by atoms with van der Waals surface area (Å²) in [6.07, 6.45) is 0. The Morgan fingerprint density at radius 2 is 1.62 bits per heavy atom. The number of aromatic hydroxyl groups is 2.